The first-order valence-electron chi connectivity index (χ1n) is 6.70. The zero-order chi connectivity index (χ0) is 11.9. The molecule has 1 heterocycles. The molecular formula is C15H17NO2. The zero-order valence-corrected chi connectivity index (χ0v) is 10.3. The third-order valence-electron chi connectivity index (χ3n) is 4.36. The molecule has 3 heteroatoms. The predicted octanol–water partition coefficient (Wildman–Crippen LogP) is 3.04. The van der Waals surface area contributed by atoms with E-state index < -0.39 is 0 Å². The lowest BCUT2D eigenvalue weighted by molar-refractivity contribution is 0.174. The van der Waals surface area contributed by atoms with Gasteiger partial charge in [-0.1, -0.05) is 12.2 Å². The van der Waals surface area contributed by atoms with Crippen LogP contribution in [0.5, 0.6) is 11.5 Å². The SMILES string of the molecule is C1=CC2CC1CC2CNc1ccc2c(c1)OCO2. The summed E-state index contributed by atoms with van der Waals surface area (Å²) in [5.74, 6) is 4.15. The Morgan fingerprint density at radius 1 is 1.11 bits per heavy atom. The fraction of sp³-hybridized carbons (Fsp3) is 0.467. The minimum Gasteiger partial charge on any atom is -0.454 e. The number of hydrogen-bond acceptors (Lipinski definition) is 3. The van der Waals surface area contributed by atoms with Crippen molar-refractivity contribution in [2.75, 3.05) is 18.7 Å². The van der Waals surface area contributed by atoms with Crippen LogP contribution in [-0.2, 0) is 0 Å². The number of anilines is 1. The smallest absolute Gasteiger partial charge is 0.231 e. The quantitative estimate of drug-likeness (QED) is 0.828. The number of allylic oxidation sites excluding steroid dienone is 2. The Morgan fingerprint density at radius 2 is 2.06 bits per heavy atom. The average molecular weight is 243 g/mol. The van der Waals surface area contributed by atoms with Gasteiger partial charge in [0.2, 0.25) is 6.79 Å². The van der Waals surface area contributed by atoms with Crippen LogP contribution in [0.4, 0.5) is 5.69 Å². The highest BCUT2D eigenvalue weighted by atomic mass is 16.7. The van der Waals surface area contributed by atoms with E-state index in [2.05, 4.69) is 23.5 Å². The largest absolute Gasteiger partial charge is 0.454 e. The molecule has 1 aromatic rings. The molecule has 1 fully saturated rings. The second kappa shape index (κ2) is 3.94. The van der Waals surface area contributed by atoms with Gasteiger partial charge in [0, 0.05) is 18.3 Å². The maximum Gasteiger partial charge on any atom is 0.231 e. The molecule has 18 heavy (non-hydrogen) atoms. The van der Waals surface area contributed by atoms with E-state index in [1.807, 2.05) is 12.1 Å². The molecule has 3 unspecified atom stereocenters. The van der Waals surface area contributed by atoms with Crippen LogP contribution in [-0.4, -0.2) is 13.3 Å². The van der Waals surface area contributed by atoms with Gasteiger partial charge >= 0.3 is 0 Å². The molecule has 0 radical (unpaired) electrons. The Bertz CT molecular complexity index is 497. The summed E-state index contributed by atoms with van der Waals surface area (Å²) in [6, 6.07) is 6.08. The number of hydrogen-bond donors (Lipinski definition) is 1. The van der Waals surface area contributed by atoms with Crippen molar-refractivity contribution in [1.29, 1.82) is 0 Å². The first kappa shape index (κ1) is 10.3. The van der Waals surface area contributed by atoms with E-state index in [1.54, 1.807) is 0 Å². The van der Waals surface area contributed by atoms with Crippen LogP contribution in [0.25, 0.3) is 0 Å². The van der Waals surface area contributed by atoms with Gasteiger partial charge < -0.3 is 14.8 Å². The van der Waals surface area contributed by atoms with E-state index in [0.717, 1.165) is 41.5 Å². The van der Waals surface area contributed by atoms with E-state index in [-0.39, 0.29) is 0 Å². The van der Waals surface area contributed by atoms with E-state index >= 15 is 0 Å². The Hall–Kier alpha value is -1.64. The van der Waals surface area contributed by atoms with Crippen LogP contribution in [0.15, 0.2) is 30.4 Å². The molecule has 3 nitrogen and oxygen atoms in total. The van der Waals surface area contributed by atoms with Gasteiger partial charge in [0.1, 0.15) is 0 Å². The van der Waals surface area contributed by atoms with Crippen LogP contribution in [0.2, 0.25) is 0 Å². The summed E-state index contributed by atoms with van der Waals surface area (Å²) in [6.45, 7) is 1.40. The minimum absolute atomic E-state index is 0.343. The van der Waals surface area contributed by atoms with Gasteiger partial charge in [-0.3, -0.25) is 0 Å². The molecule has 94 valence electrons. The highest BCUT2D eigenvalue weighted by Crippen LogP contribution is 2.43. The zero-order valence-electron chi connectivity index (χ0n) is 10.3. The van der Waals surface area contributed by atoms with Gasteiger partial charge in [-0.05, 0) is 42.7 Å². The van der Waals surface area contributed by atoms with Crippen LogP contribution < -0.4 is 14.8 Å². The van der Waals surface area contributed by atoms with Gasteiger partial charge in [0.15, 0.2) is 11.5 Å². The van der Waals surface area contributed by atoms with Crippen LogP contribution in [0, 0.1) is 17.8 Å². The van der Waals surface area contributed by atoms with Gasteiger partial charge in [-0.2, -0.15) is 0 Å². The molecule has 3 atom stereocenters. The van der Waals surface area contributed by atoms with Crippen molar-refractivity contribution in [3.05, 3.63) is 30.4 Å². The summed E-state index contributed by atoms with van der Waals surface area (Å²) < 4.78 is 10.7. The monoisotopic (exact) mass is 243 g/mol. The molecule has 3 aliphatic rings. The molecule has 1 N–H and O–H groups in total. The number of ether oxygens (including phenoxy) is 2. The van der Waals surface area contributed by atoms with Crippen LogP contribution >= 0.6 is 0 Å². The van der Waals surface area contributed by atoms with Gasteiger partial charge in [-0.25, -0.2) is 0 Å². The molecular weight excluding hydrogens is 226 g/mol. The Kier molecular flexibility index (Phi) is 2.25. The van der Waals surface area contributed by atoms with Crippen molar-refractivity contribution < 1.29 is 9.47 Å². The average Bonchev–Trinajstić information content (AvgIpc) is 3.11. The number of fused-ring (bicyclic) bond motifs is 3. The number of rotatable bonds is 3. The normalized spacial score (nSPS) is 31.0. The molecule has 0 aromatic heterocycles. The second-order valence-corrected chi connectivity index (χ2v) is 5.49. The molecule has 2 aliphatic carbocycles. The molecule has 2 bridgehead atoms. The highest BCUT2D eigenvalue weighted by molar-refractivity contribution is 5.55. The van der Waals surface area contributed by atoms with Crippen molar-refractivity contribution in [3.8, 4) is 11.5 Å². The summed E-state index contributed by atoms with van der Waals surface area (Å²) in [5.41, 5.74) is 1.13. The van der Waals surface area contributed by atoms with E-state index in [9.17, 15) is 0 Å². The maximum absolute atomic E-state index is 5.39. The third-order valence-corrected chi connectivity index (χ3v) is 4.36. The van der Waals surface area contributed by atoms with Crippen LogP contribution in [0.3, 0.4) is 0 Å². The molecule has 1 saturated carbocycles. The fourth-order valence-corrected chi connectivity index (χ4v) is 3.38. The number of benzene rings is 1. The van der Waals surface area contributed by atoms with Crippen molar-refractivity contribution in [2.24, 2.45) is 17.8 Å². The lowest BCUT2D eigenvalue weighted by Crippen LogP contribution is -2.18. The van der Waals surface area contributed by atoms with E-state index in [1.165, 1.54) is 12.8 Å². The lowest BCUT2D eigenvalue weighted by atomic mass is 9.93. The van der Waals surface area contributed by atoms with Crippen molar-refractivity contribution >= 4 is 5.69 Å². The summed E-state index contributed by atoms with van der Waals surface area (Å²) in [7, 11) is 0. The van der Waals surface area contributed by atoms with Crippen LogP contribution in [0.1, 0.15) is 12.8 Å². The van der Waals surface area contributed by atoms with Gasteiger partial charge in [0.05, 0.1) is 0 Å². The number of nitrogens with one attached hydrogen (secondary N) is 1. The summed E-state index contributed by atoms with van der Waals surface area (Å²) in [6.07, 6.45) is 7.51. The summed E-state index contributed by atoms with van der Waals surface area (Å²) >= 11 is 0. The topological polar surface area (TPSA) is 30.5 Å². The standard InChI is InChI=1S/C15H17NO2/c1-2-11-5-10(1)6-12(11)8-16-13-3-4-14-15(7-13)18-9-17-14/h1-4,7,10-12,16H,5-6,8-9H2. The van der Waals surface area contributed by atoms with E-state index in [0.29, 0.717) is 6.79 Å². The summed E-state index contributed by atoms with van der Waals surface area (Å²) in [4.78, 5) is 0. The first-order valence-corrected chi connectivity index (χ1v) is 6.70. The maximum atomic E-state index is 5.39. The molecule has 1 aromatic carbocycles. The molecule has 0 saturated heterocycles. The van der Waals surface area contributed by atoms with Crippen molar-refractivity contribution in [2.45, 2.75) is 12.8 Å². The summed E-state index contributed by atoms with van der Waals surface area (Å²) in [5, 5.41) is 3.53. The molecule has 4 rings (SSSR count). The second-order valence-electron chi connectivity index (χ2n) is 5.49. The Morgan fingerprint density at radius 3 is 2.89 bits per heavy atom. The lowest BCUT2D eigenvalue weighted by Gasteiger charge is -2.19. The minimum atomic E-state index is 0.343. The Labute approximate surface area is 107 Å². The van der Waals surface area contributed by atoms with E-state index in [4.69, 9.17) is 9.47 Å². The first-order chi connectivity index (χ1) is 8.88. The predicted molar refractivity (Wildman–Crippen MR) is 69.9 cm³/mol. The van der Waals surface area contributed by atoms with Gasteiger partial charge in [-0.15, -0.1) is 0 Å². The molecule has 1 aliphatic heterocycles. The highest BCUT2D eigenvalue weighted by Gasteiger charge is 2.35. The third kappa shape index (κ3) is 1.65. The van der Waals surface area contributed by atoms with Gasteiger partial charge in [0.25, 0.3) is 0 Å². The fourth-order valence-electron chi connectivity index (χ4n) is 3.38. The van der Waals surface area contributed by atoms with Crippen molar-refractivity contribution in [3.63, 3.8) is 0 Å². The Balaban J connectivity index is 1.42. The molecule has 0 amide bonds. The molecule has 0 spiro atoms. The van der Waals surface area contributed by atoms with Crippen molar-refractivity contribution in [1.82, 2.24) is 0 Å².